The fourth-order valence-corrected chi connectivity index (χ4v) is 5.83. The second-order valence-corrected chi connectivity index (χ2v) is 10.5. The molecule has 1 fully saturated rings. The van der Waals surface area contributed by atoms with E-state index in [2.05, 4.69) is 10.3 Å². The molecule has 9 heteroatoms. The van der Waals surface area contributed by atoms with Gasteiger partial charge in [-0.3, -0.25) is 4.79 Å². The van der Waals surface area contributed by atoms with Gasteiger partial charge in [0.1, 0.15) is 11.6 Å². The Bertz CT molecular complexity index is 1260. The molecule has 1 N–H and O–H groups in total. The molecule has 0 spiro atoms. The number of nitrogens with one attached hydrogen (secondary N) is 1. The molecule has 0 atom stereocenters. The van der Waals surface area contributed by atoms with Crippen molar-refractivity contribution in [2.75, 3.05) is 19.7 Å². The maximum absolute atomic E-state index is 13.0. The number of carbonyl (C=O) groups is 1. The Kier molecular flexibility index (Phi) is 7.53. The summed E-state index contributed by atoms with van der Waals surface area (Å²) in [6, 6.07) is 12.8. The van der Waals surface area contributed by atoms with Crippen molar-refractivity contribution in [1.82, 2.24) is 19.2 Å². The monoisotopic (exact) mass is 484 g/mol. The maximum Gasteiger partial charge on any atom is 0.243 e. The lowest BCUT2D eigenvalue weighted by Gasteiger charge is -2.25. The van der Waals surface area contributed by atoms with Crippen molar-refractivity contribution in [2.45, 2.75) is 50.5 Å². The van der Waals surface area contributed by atoms with Crippen LogP contribution in [0.25, 0.3) is 11.0 Å². The molecule has 0 saturated carbocycles. The second-order valence-electron chi connectivity index (χ2n) is 8.56. The molecule has 0 aliphatic carbocycles. The Labute approximate surface area is 201 Å². The number of sulfonamides is 1. The van der Waals surface area contributed by atoms with E-state index in [4.69, 9.17) is 4.74 Å². The van der Waals surface area contributed by atoms with E-state index in [1.54, 1.807) is 22.5 Å². The largest absolute Gasteiger partial charge is 0.494 e. The topological polar surface area (TPSA) is 93.5 Å². The lowest BCUT2D eigenvalue weighted by atomic mass is 10.2. The number of amides is 1. The van der Waals surface area contributed by atoms with Gasteiger partial charge < -0.3 is 14.6 Å². The molecule has 8 nitrogen and oxygen atoms in total. The zero-order chi connectivity index (χ0) is 24.1. The summed E-state index contributed by atoms with van der Waals surface area (Å²) < 4.78 is 35.0. The highest BCUT2D eigenvalue weighted by molar-refractivity contribution is 7.89. The zero-order valence-corrected chi connectivity index (χ0v) is 20.6. The maximum atomic E-state index is 13.0. The lowest BCUT2D eigenvalue weighted by Crippen LogP contribution is -2.35. The van der Waals surface area contributed by atoms with Gasteiger partial charge in [-0.1, -0.05) is 18.6 Å². The number of rotatable bonds is 9. The number of ether oxygens (including phenoxy) is 1. The van der Waals surface area contributed by atoms with Crippen LogP contribution in [0.5, 0.6) is 5.75 Å². The van der Waals surface area contributed by atoms with Gasteiger partial charge in [0.2, 0.25) is 15.9 Å². The van der Waals surface area contributed by atoms with E-state index in [9.17, 15) is 13.2 Å². The summed E-state index contributed by atoms with van der Waals surface area (Å²) >= 11 is 0. The predicted molar refractivity (Wildman–Crippen MR) is 131 cm³/mol. The van der Waals surface area contributed by atoms with Crippen molar-refractivity contribution in [3.05, 3.63) is 53.9 Å². The summed E-state index contributed by atoms with van der Waals surface area (Å²) in [7, 11) is -1.62. The van der Waals surface area contributed by atoms with Gasteiger partial charge in [0, 0.05) is 39.5 Å². The van der Waals surface area contributed by atoms with E-state index >= 15 is 0 Å². The molecule has 1 aromatic heterocycles. The Morgan fingerprint density at radius 2 is 1.91 bits per heavy atom. The first kappa shape index (κ1) is 24.2. The number of piperidine rings is 1. The highest BCUT2D eigenvalue weighted by atomic mass is 32.2. The van der Waals surface area contributed by atoms with E-state index < -0.39 is 10.0 Å². The van der Waals surface area contributed by atoms with Gasteiger partial charge in [0.25, 0.3) is 0 Å². The van der Waals surface area contributed by atoms with Crippen LogP contribution >= 0.6 is 0 Å². The Hall–Kier alpha value is -2.91. The van der Waals surface area contributed by atoms with Gasteiger partial charge in [-0.15, -0.1) is 0 Å². The molecular formula is C25H32N4O4S. The van der Waals surface area contributed by atoms with E-state index in [0.717, 1.165) is 41.9 Å². The summed E-state index contributed by atoms with van der Waals surface area (Å²) in [6.07, 6.45) is 3.62. The molecule has 0 unspecified atom stereocenters. The van der Waals surface area contributed by atoms with Crippen LogP contribution in [0.3, 0.4) is 0 Å². The summed E-state index contributed by atoms with van der Waals surface area (Å²) in [6.45, 7) is 4.10. The van der Waals surface area contributed by atoms with Crippen molar-refractivity contribution < 1.29 is 17.9 Å². The van der Waals surface area contributed by atoms with Gasteiger partial charge in [-0.05, 0) is 55.7 Å². The molecule has 182 valence electrons. The Morgan fingerprint density at radius 1 is 1.12 bits per heavy atom. The number of fused-ring (bicyclic) bond motifs is 1. The van der Waals surface area contributed by atoms with Gasteiger partial charge in [-0.2, -0.15) is 4.31 Å². The van der Waals surface area contributed by atoms with Crippen LogP contribution in [-0.4, -0.2) is 47.9 Å². The van der Waals surface area contributed by atoms with E-state index in [-0.39, 0.29) is 10.8 Å². The molecular weight excluding hydrogens is 452 g/mol. The number of carbonyl (C=O) groups excluding carboxylic acids is 1. The van der Waals surface area contributed by atoms with Crippen LogP contribution in [0.15, 0.2) is 47.4 Å². The average molecular weight is 485 g/mol. The molecule has 4 rings (SSSR count). The summed E-state index contributed by atoms with van der Waals surface area (Å²) in [5, 5.41) is 2.94. The normalized spacial score (nSPS) is 14.9. The first-order chi connectivity index (χ1) is 16.4. The molecule has 1 saturated heterocycles. The van der Waals surface area contributed by atoms with Crippen molar-refractivity contribution in [3.63, 3.8) is 0 Å². The fourth-order valence-electron chi connectivity index (χ4n) is 4.29. The zero-order valence-electron chi connectivity index (χ0n) is 19.8. The molecule has 2 aromatic carbocycles. The van der Waals surface area contributed by atoms with E-state index in [0.29, 0.717) is 44.6 Å². The van der Waals surface area contributed by atoms with Crippen molar-refractivity contribution in [1.29, 1.82) is 0 Å². The molecule has 0 bridgehead atoms. The Balaban J connectivity index is 1.40. The number of aryl methyl sites for hydroxylation is 2. The summed E-state index contributed by atoms with van der Waals surface area (Å²) in [4.78, 5) is 17.3. The molecule has 2 heterocycles. The number of nitrogens with zero attached hydrogens (tertiary/aromatic N) is 3. The van der Waals surface area contributed by atoms with Gasteiger partial charge in [-0.25, -0.2) is 13.4 Å². The van der Waals surface area contributed by atoms with E-state index in [1.807, 2.05) is 42.8 Å². The van der Waals surface area contributed by atoms with Crippen LogP contribution in [0.4, 0.5) is 0 Å². The van der Waals surface area contributed by atoms with Crippen molar-refractivity contribution in [2.24, 2.45) is 7.05 Å². The SMILES string of the molecule is CCOc1cccc(CNC(=O)CCc2nc3cc(S(=O)(=O)N4CCCCC4)ccc3n2C)c1. The number of hydrogen-bond donors (Lipinski definition) is 1. The van der Waals surface area contributed by atoms with Crippen LogP contribution in [0.2, 0.25) is 0 Å². The minimum atomic E-state index is -3.51. The molecule has 1 aliphatic rings. The highest BCUT2D eigenvalue weighted by Gasteiger charge is 2.26. The minimum Gasteiger partial charge on any atom is -0.494 e. The average Bonchev–Trinajstić information content (AvgIpc) is 3.17. The smallest absolute Gasteiger partial charge is 0.243 e. The second kappa shape index (κ2) is 10.6. The van der Waals surface area contributed by atoms with Gasteiger partial charge in [0.05, 0.1) is 22.5 Å². The third-order valence-corrected chi connectivity index (χ3v) is 8.07. The molecule has 1 amide bonds. The molecule has 3 aromatic rings. The van der Waals surface area contributed by atoms with Crippen LogP contribution < -0.4 is 10.1 Å². The first-order valence-electron chi connectivity index (χ1n) is 11.8. The van der Waals surface area contributed by atoms with Crippen LogP contribution in [-0.2, 0) is 34.8 Å². The number of hydrogen-bond acceptors (Lipinski definition) is 5. The third kappa shape index (κ3) is 5.42. The predicted octanol–water partition coefficient (Wildman–Crippen LogP) is 3.40. The summed E-state index contributed by atoms with van der Waals surface area (Å²) in [5.41, 5.74) is 2.45. The van der Waals surface area contributed by atoms with Crippen LogP contribution in [0.1, 0.15) is 44.0 Å². The quantitative estimate of drug-likeness (QED) is 0.503. The minimum absolute atomic E-state index is 0.0674. The Morgan fingerprint density at radius 3 is 2.68 bits per heavy atom. The molecule has 0 radical (unpaired) electrons. The van der Waals surface area contributed by atoms with Crippen molar-refractivity contribution in [3.8, 4) is 5.75 Å². The van der Waals surface area contributed by atoms with E-state index in [1.165, 1.54) is 0 Å². The van der Waals surface area contributed by atoms with Crippen LogP contribution in [0, 0.1) is 0 Å². The lowest BCUT2D eigenvalue weighted by molar-refractivity contribution is -0.121. The number of benzene rings is 2. The summed E-state index contributed by atoms with van der Waals surface area (Å²) in [5.74, 6) is 1.47. The van der Waals surface area contributed by atoms with Gasteiger partial charge >= 0.3 is 0 Å². The first-order valence-corrected chi connectivity index (χ1v) is 13.3. The van der Waals surface area contributed by atoms with Crippen molar-refractivity contribution >= 4 is 27.0 Å². The number of aromatic nitrogens is 2. The highest BCUT2D eigenvalue weighted by Crippen LogP contribution is 2.25. The number of imidazole rings is 1. The fraction of sp³-hybridized carbons (Fsp3) is 0.440. The standard InChI is InChI=1S/C25H32N4O4S/c1-3-33-20-9-7-8-19(16-20)18-26-25(30)13-12-24-27-22-17-21(10-11-23(22)28(24)2)34(31,32)29-14-5-4-6-15-29/h7-11,16-17H,3-6,12-15,18H2,1-2H3,(H,26,30). The third-order valence-electron chi connectivity index (χ3n) is 6.17. The van der Waals surface area contributed by atoms with Gasteiger partial charge in [0.15, 0.2) is 0 Å². The molecule has 1 aliphatic heterocycles. The molecule has 34 heavy (non-hydrogen) atoms.